The molecular formula is C16H24N2O. The smallest absolute Gasteiger partial charge is 0.214 e. The van der Waals surface area contributed by atoms with E-state index in [0.717, 1.165) is 24.3 Å². The number of nitrogens with zero attached hydrogens (tertiary/aromatic N) is 2. The van der Waals surface area contributed by atoms with Gasteiger partial charge in [-0.2, -0.15) is 5.10 Å². The van der Waals surface area contributed by atoms with E-state index in [0.29, 0.717) is 11.8 Å². The highest BCUT2D eigenvalue weighted by Crippen LogP contribution is 2.14. The van der Waals surface area contributed by atoms with Gasteiger partial charge in [-0.15, -0.1) is 5.10 Å². The monoisotopic (exact) mass is 260 g/mol. The molecule has 0 bridgehead atoms. The van der Waals surface area contributed by atoms with Gasteiger partial charge in [0.2, 0.25) is 5.90 Å². The van der Waals surface area contributed by atoms with Crippen molar-refractivity contribution in [1.82, 2.24) is 0 Å². The minimum atomic E-state index is 0.408. The molecule has 0 atom stereocenters. The van der Waals surface area contributed by atoms with Gasteiger partial charge in [0.05, 0.1) is 0 Å². The first kappa shape index (κ1) is 15.4. The zero-order chi connectivity index (χ0) is 14.3. The fourth-order valence-electron chi connectivity index (χ4n) is 1.40. The molecule has 0 amide bonds. The molecule has 3 nitrogen and oxygen atoms in total. The maximum atomic E-state index is 5.81. The van der Waals surface area contributed by atoms with Crippen LogP contribution in [-0.4, -0.2) is 11.6 Å². The minimum absolute atomic E-state index is 0.408. The highest BCUT2D eigenvalue weighted by molar-refractivity contribution is 5.85. The van der Waals surface area contributed by atoms with Crippen LogP contribution in [-0.2, 0) is 0 Å². The Morgan fingerprint density at radius 3 is 2.58 bits per heavy atom. The Morgan fingerprint density at radius 1 is 1.26 bits per heavy atom. The number of ether oxygens (including phenoxy) is 1. The second kappa shape index (κ2) is 7.72. The molecule has 0 saturated carbocycles. The van der Waals surface area contributed by atoms with Crippen molar-refractivity contribution in [2.24, 2.45) is 16.1 Å². The molecule has 104 valence electrons. The summed E-state index contributed by atoms with van der Waals surface area (Å²) in [4.78, 5) is 0. The van der Waals surface area contributed by atoms with Gasteiger partial charge in [0.25, 0.3) is 0 Å². The molecule has 0 aliphatic rings. The highest BCUT2D eigenvalue weighted by atomic mass is 16.5. The molecule has 3 heteroatoms. The van der Waals surface area contributed by atoms with Crippen LogP contribution in [0.4, 0.5) is 0 Å². The van der Waals surface area contributed by atoms with Crippen LogP contribution < -0.4 is 4.74 Å². The van der Waals surface area contributed by atoms with E-state index in [2.05, 4.69) is 31.0 Å². The number of hydrogen-bond acceptors (Lipinski definition) is 3. The van der Waals surface area contributed by atoms with E-state index in [-0.39, 0.29) is 0 Å². The third-order valence-corrected chi connectivity index (χ3v) is 2.84. The molecular weight excluding hydrogens is 236 g/mol. The Bertz CT molecular complexity index is 462. The van der Waals surface area contributed by atoms with Crippen molar-refractivity contribution in [3.05, 3.63) is 29.8 Å². The third kappa shape index (κ3) is 5.69. The number of benzene rings is 1. The zero-order valence-electron chi connectivity index (χ0n) is 12.6. The first-order chi connectivity index (χ1) is 9.02. The van der Waals surface area contributed by atoms with Gasteiger partial charge in [-0.05, 0) is 43.9 Å². The van der Waals surface area contributed by atoms with Crippen molar-refractivity contribution >= 4 is 11.6 Å². The van der Waals surface area contributed by atoms with E-state index in [4.69, 9.17) is 4.74 Å². The molecule has 19 heavy (non-hydrogen) atoms. The summed E-state index contributed by atoms with van der Waals surface area (Å²) < 4.78 is 5.81. The Balaban J connectivity index is 2.83. The molecule has 1 rings (SSSR count). The van der Waals surface area contributed by atoms with Crippen molar-refractivity contribution < 1.29 is 4.74 Å². The lowest BCUT2D eigenvalue weighted by Gasteiger charge is -2.08. The average molecular weight is 260 g/mol. The van der Waals surface area contributed by atoms with Crippen LogP contribution in [0.1, 0.15) is 46.1 Å². The van der Waals surface area contributed by atoms with Gasteiger partial charge < -0.3 is 4.74 Å². The third-order valence-electron chi connectivity index (χ3n) is 2.84. The highest BCUT2D eigenvalue weighted by Gasteiger charge is 2.03. The Hall–Kier alpha value is -1.64. The molecule has 0 heterocycles. The van der Waals surface area contributed by atoms with Crippen LogP contribution in [0.15, 0.2) is 34.5 Å². The molecule has 1 aromatic carbocycles. The van der Waals surface area contributed by atoms with E-state index in [1.54, 1.807) is 0 Å². The maximum absolute atomic E-state index is 5.81. The summed E-state index contributed by atoms with van der Waals surface area (Å²) in [6.45, 7) is 10.4. The predicted molar refractivity (Wildman–Crippen MR) is 82.1 cm³/mol. The lowest BCUT2D eigenvalue weighted by molar-refractivity contribution is 0.526. The minimum Gasteiger partial charge on any atom is -0.441 e. The topological polar surface area (TPSA) is 34.0 Å². The quantitative estimate of drug-likeness (QED) is 0.432. The summed E-state index contributed by atoms with van der Waals surface area (Å²) >= 11 is 0. The second-order valence-corrected chi connectivity index (χ2v) is 5.06. The van der Waals surface area contributed by atoms with Gasteiger partial charge in [0.15, 0.2) is 0 Å². The van der Waals surface area contributed by atoms with Gasteiger partial charge in [-0.3, -0.25) is 0 Å². The standard InChI is InChI=1S/C16H24N2O/c1-6-8-16(18-17-14(5)12(2)3)19-15-10-7-9-13(4)11-15/h7,9-12H,6,8H2,1-5H3/b17-14+,18-16+. The molecule has 0 fully saturated rings. The lowest BCUT2D eigenvalue weighted by Crippen LogP contribution is -2.09. The maximum Gasteiger partial charge on any atom is 0.214 e. The van der Waals surface area contributed by atoms with Crippen molar-refractivity contribution in [3.8, 4) is 5.75 Å². The summed E-state index contributed by atoms with van der Waals surface area (Å²) in [5.41, 5.74) is 2.19. The van der Waals surface area contributed by atoms with Gasteiger partial charge in [-0.25, -0.2) is 0 Å². The van der Waals surface area contributed by atoms with Gasteiger partial charge >= 0.3 is 0 Å². The van der Waals surface area contributed by atoms with Crippen LogP contribution in [0.25, 0.3) is 0 Å². The largest absolute Gasteiger partial charge is 0.441 e. The Kier molecular flexibility index (Phi) is 6.26. The summed E-state index contributed by atoms with van der Waals surface area (Å²) in [6, 6.07) is 7.98. The lowest BCUT2D eigenvalue weighted by atomic mass is 10.1. The first-order valence-electron chi connectivity index (χ1n) is 6.88. The molecule has 0 aliphatic heterocycles. The molecule has 0 unspecified atom stereocenters. The van der Waals surface area contributed by atoms with E-state index >= 15 is 0 Å². The molecule has 0 aliphatic carbocycles. The van der Waals surface area contributed by atoms with E-state index in [1.807, 2.05) is 38.1 Å². The first-order valence-corrected chi connectivity index (χ1v) is 6.88. The van der Waals surface area contributed by atoms with E-state index in [1.165, 1.54) is 5.56 Å². The van der Waals surface area contributed by atoms with E-state index < -0.39 is 0 Å². The zero-order valence-corrected chi connectivity index (χ0v) is 12.6. The number of aryl methyl sites for hydroxylation is 1. The Morgan fingerprint density at radius 2 is 2.00 bits per heavy atom. The number of hydrogen-bond donors (Lipinski definition) is 0. The molecule has 0 radical (unpaired) electrons. The fraction of sp³-hybridized carbons (Fsp3) is 0.500. The van der Waals surface area contributed by atoms with Crippen LogP contribution >= 0.6 is 0 Å². The van der Waals surface area contributed by atoms with Crippen molar-refractivity contribution in [3.63, 3.8) is 0 Å². The summed E-state index contributed by atoms with van der Waals surface area (Å²) in [5, 5.41) is 8.48. The van der Waals surface area contributed by atoms with Crippen LogP contribution in [0.2, 0.25) is 0 Å². The average Bonchev–Trinajstić information content (AvgIpc) is 2.35. The normalized spacial score (nSPS) is 12.9. The number of rotatable bonds is 5. The van der Waals surface area contributed by atoms with Crippen LogP contribution in [0.3, 0.4) is 0 Å². The molecule has 0 aromatic heterocycles. The molecule has 1 aromatic rings. The predicted octanol–water partition coefficient (Wildman–Crippen LogP) is 4.60. The summed E-state index contributed by atoms with van der Waals surface area (Å²) in [7, 11) is 0. The summed E-state index contributed by atoms with van der Waals surface area (Å²) in [5.74, 6) is 1.91. The van der Waals surface area contributed by atoms with Gasteiger partial charge in [0, 0.05) is 12.1 Å². The van der Waals surface area contributed by atoms with Crippen LogP contribution in [0, 0.1) is 12.8 Å². The van der Waals surface area contributed by atoms with Crippen molar-refractivity contribution in [2.75, 3.05) is 0 Å². The van der Waals surface area contributed by atoms with E-state index in [9.17, 15) is 0 Å². The fourth-order valence-corrected chi connectivity index (χ4v) is 1.40. The summed E-state index contributed by atoms with van der Waals surface area (Å²) in [6.07, 6.45) is 1.78. The Labute approximate surface area is 116 Å². The van der Waals surface area contributed by atoms with Crippen LogP contribution in [0.5, 0.6) is 5.75 Å². The molecule has 0 spiro atoms. The second-order valence-electron chi connectivity index (χ2n) is 5.06. The van der Waals surface area contributed by atoms with Gasteiger partial charge in [0.1, 0.15) is 5.75 Å². The van der Waals surface area contributed by atoms with Crippen molar-refractivity contribution in [1.29, 1.82) is 0 Å². The molecule has 0 N–H and O–H groups in total. The van der Waals surface area contributed by atoms with Gasteiger partial charge in [-0.1, -0.05) is 32.9 Å². The molecule has 0 saturated heterocycles. The van der Waals surface area contributed by atoms with Crippen molar-refractivity contribution in [2.45, 2.75) is 47.5 Å². The SMILES string of the molecule is CCC/C(=N\N=C(/C)C(C)C)Oc1cccc(C)c1.